The predicted molar refractivity (Wildman–Crippen MR) is 101 cm³/mol. The topological polar surface area (TPSA) is 86.3 Å². The second-order valence-corrected chi connectivity index (χ2v) is 7.16. The molecule has 1 amide bonds. The fourth-order valence-electron chi connectivity index (χ4n) is 3.17. The Morgan fingerprint density at radius 1 is 1.29 bits per heavy atom. The van der Waals surface area contributed by atoms with Gasteiger partial charge in [0.25, 0.3) is 5.91 Å². The Kier molecular flexibility index (Phi) is 5.29. The van der Waals surface area contributed by atoms with Crippen molar-refractivity contribution in [1.29, 1.82) is 0 Å². The number of piperidine rings is 1. The van der Waals surface area contributed by atoms with Crippen molar-refractivity contribution in [1.82, 2.24) is 24.8 Å². The maximum atomic E-state index is 12.7. The summed E-state index contributed by atoms with van der Waals surface area (Å²) in [4.78, 5) is 18.7. The van der Waals surface area contributed by atoms with Gasteiger partial charge in [-0.15, -0.1) is 0 Å². The SMILES string of the molecule is Cc1noc(Cn2cc(C(=O)N3CCC(Oc4ccc(Cl)cc4)CC3)cn2)n1. The van der Waals surface area contributed by atoms with Crippen molar-refractivity contribution in [2.75, 3.05) is 13.1 Å². The number of hydrogen-bond donors (Lipinski definition) is 0. The summed E-state index contributed by atoms with van der Waals surface area (Å²) in [6, 6.07) is 7.34. The van der Waals surface area contributed by atoms with Crippen molar-refractivity contribution in [2.45, 2.75) is 32.4 Å². The van der Waals surface area contributed by atoms with Gasteiger partial charge in [0.2, 0.25) is 5.89 Å². The van der Waals surface area contributed by atoms with Crippen LogP contribution in [0.3, 0.4) is 0 Å². The van der Waals surface area contributed by atoms with E-state index in [4.69, 9.17) is 20.9 Å². The van der Waals surface area contributed by atoms with Gasteiger partial charge in [0, 0.05) is 37.2 Å². The van der Waals surface area contributed by atoms with Gasteiger partial charge >= 0.3 is 0 Å². The van der Waals surface area contributed by atoms with E-state index in [2.05, 4.69) is 15.2 Å². The fourth-order valence-corrected chi connectivity index (χ4v) is 3.29. The number of carbonyl (C=O) groups is 1. The Morgan fingerprint density at radius 3 is 2.71 bits per heavy atom. The second kappa shape index (κ2) is 8.02. The lowest BCUT2D eigenvalue weighted by molar-refractivity contribution is 0.0595. The minimum Gasteiger partial charge on any atom is -0.490 e. The molecule has 0 atom stereocenters. The maximum absolute atomic E-state index is 12.7. The van der Waals surface area contributed by atoms with Crippen molar-refractivity contribution in [3.05, 3.63) is 59.0 Å². The summed E-state index contributed by atoms with van der Waals surface area (Å²) in [7, 11) is 0. The van der Waals surface area contributed by atoms with Crippen LogP contribution < -0.4 is 4.74 Å². The third-order valence-electron chi connectivity index (χ3n) is 4.59. The number of hydrogen-bond acceptors (Lipinski definition) is 6. The molecular weight excluding hydrogens is 382 g/mol. The van der Waals surface area contributed by atoms with Crippen LogP contribution in [0, 0.1) is 6.92 Å². The number of aryl methyl sites for hydroxylation is 1. The molecule has 1 aliphatic rings. The van der Waals surface area contributed by atoms with Crippen molar-refractivity contribution in [2.24, 2.45) is 0 Å². The number of rotatable bonds is 5. The highest BCUT2D eigenvalue weighted by atomic mass is 35.5. The van der Waals surface area contributed by atoms with Crippen LogP contribution in [0.15, 0.2) is 41.2 Å². The van der Waals surface area contributed by atoms with E-state index in [9.17, 15) is 4.79 Å². The lowest BCUT2D eigenvalue weighted by atomic mass is 10.1. The molecule has 146 valence electrons. The van der Waals surface area contributed by atoms with Crippen LogP contribution in [0.5, 0.6) is 5.75 Å². The standard InChI is InChI=1S/C19H20ClN5O3/c1-13-22-18(28-23-13)12-25-11-14(10-21-25)19(26)24-8-6-17(7-9-24)27-16-4-2-15(20)3-5-16/h2-5,10-11,17H,6-9,12H2,1H3. The van der Waals surface area contributed by atoms with Gasteiger partial charge in [-0.3, -0.25) is 9.48 Å². The van der Waals surface area contributed by atoms with Gasteiger partial charge in [0.05, 0.1) is 11.8 Å². The smallest absolute Gasteiger partial charge is 0.257 e. The second-order valence-electron chi connectivity index (χ2n) is 6.73. The van der Waals surface area contributed by atoms with Crippen LogP contribution in [0.1, 0.15) is 34.9 Å². The van der Waals surface area contributed by atoms with E-state index in [0.29, 0.717) is 41.9 Å². The van der Waals surface area contributed by atoms with E-state index in [0.717, 1.165) is 18.6 Å². The normalized spacial score (nSPS) is 15.0. The molecule has 1 saturated heterocycles. The molecule has 3 heterocycles. The van der Waals surface area contributed by atoms with Gasteiger partial charge in [-0.25, -0.2) is 0 Å². The number of benzene rings is 1. The van der Waals surface area contributed by atoms with Crippen LogP contribution in [0.25, 0.3) is 0 Å². The number of halogens is 1. The van der Waals surface area contributed by atoms with Crippen LogP contribution in [0.4, 0.5) is 0 Å². The molecule has 9 heteroatoms. The zero-order valence-electron chi connectivity index (χ0n) is 15.4. The number of ether oxygens (including phenoxy) is 1. The molecule has 0 spiro atoms. The summed E-state index contributed by atoms with van der Waals surface area (Å²) in [5.41, 5.74) is 0.549. The molecule has 28 heavy (non-hydrogen) atoms. The zero-order chi connectivity index (χ0) is 19.5. The maximum Gasteiger partial charge on any atom is 0.257 e. The first kappa shape index (κ1) is 18.5. The van der Waals surface area contributed by atoms with Crippen molar-refractivity contribution < 1.29 is 14.1 Å². The Morgan fingerprint density at radius 2 is 2.04 bits per heavy atom. The average molecular weight is 402 g/mol. The molecule has 0 aliphatic carbocycles. The quantitative estimate of drug-likeness (QED) is 0.653. The first-order valence-electron chi connectivity index (χ1n) is 9.10. The highest BCUT2D eigenvalue weighted by Crippen LogP contribution is 2.22. The molecule has 8 nitrogen and oxygen atoms in total. The first-order chi connectivity index (χ1) is 13.6. The highest BCUT2D eigenvalue weighted by molar-refractivity contribution is 6.30. The molecule has 1 fully saturated rings. The lowest BCUT2D eigenvalue weighted by Gasteiger charge is -2.32. The van der Waals surface area contributed by atoms with E-state index in [1.807, 2.05) is 29.2 Å². The first-order valence-corrected chi connectivity index (χ1v) is 9.48. The van der Waals surface area contributed by atoms with E-state index in [1.165, 1.54) is 0 Å². The van der Waals surface area contributed by atoms with Gasteiger partial charge in [0.1, 0.15) is 18.4 Å². The van der Waals surface area contributed by atoms with Gasteiger partial charge in [-0.2, -0.15) is 10.1 Å². The molecule has 0 bridgehead atoms. The summed E-state index contributed by atoms with van der Waals surface area (Å²) in [6.07, 6.45) is 4.93. The molecule has 1 aromatic carbocycles. The number of aromatic nitrogens is 4. The summed E-state index contributed by atoms with van der Waals surface area (Å²) in [5, 5.41) is 8.65. The molecular formula is C19H20ClN5O3. The van der Waals surface area contributed by atoms with E-state index in [-0.39, 0.29) is 12.0 Å². The highest BCUT2D eigenvalue weighted by Gasteiger charge is 2.25. The Bertz CT molecular complexity index is 945. The van der Waals surface area contributed by atoms with Crippen molar-refractivity contribution >= 4 is 17.5 Å². The molecule has 4 rings (SSSR count). The summed E-state index contributed by atoms with van der Waals surface area (Å²) < 4.78 is 12.7. The molecule has 0 saturated carbocycles. The van der Waals surface area contributed by atoms with Gasteiger partial charge in [0.15, 0.2) is 5.82 Å². The van der Waals surface area contributed by atoms with Gasteiger partial charge in [-0.05, 0) is 31.2 Å². The number of carbonyl (C=O) groups excluding carboxylic acids is 1. The molecule has 2 aromatic heterocycles. The number of likely N-dealkylation sites (tertiary alicyclic amines) is 1. The number of amides is 1. The molecule has 0 radical (unpaired) electrons. The van der Waals surface area contributed by atoms with E-state index in [1.54, 1.807) is 24.0 Å². The molecule has 1 aliphatic heterocycles. The Labute approximate surface area is 167 Å². The molecule has 0 N–H and O–H groups in total. The minimum atomic E-state index is -0.0297. The molecule has 0 unspecified atom stereocenters. The van der Waals surface area contributed by atoms with E-state index >= 15 is 0 Å². The summed E-state index contributed by atoms with van der Waals surface area (Å²) in [6.45, 7) is 3.38. The third kappa shape index (κ3) is 4.33. The van der Waals surface area contributed by atoms with Crippen LogP contribution >= 0.6 is 11.6 Å². The van der Waals surface area contributed by atoms with Crippen LogP contribution in [-0.4, -0.2) is 49.9 Å². The third-order valence-corrected chi connectivity index (χ3v) is 4.84. The number of nitrogens with zero attached hydrogens (tertiary/aromatic N) is 5. The van der Waals surface area contributed by atoms with Crippen molar-refractivity contribution in [3.8, 4) is 5.75 Å². The molecule has 3 aromatic rings. The zero-order valence-corrected chi connectivity index (χ0v) is 16.2. The minimum absolute atomic E-state index is 0.0297. The van der Waals surface area contributed by atoms with Crippen molar-refractivity contribution in [3.63, 3.8) is 0 Å². The van der Waals surface area contributed by atoms with Gasteiger partial charge in [-0.1, -0.05) is 16.8 Å². The fraction of sp³-hybridized carbons (Fsp3) is 0.368. The summed E-state index contributed by atoms with van der Waals surface area (Å²) in [5.74, 6) is 1.80. The van der Waals surface area contributed by atoms with Crippen LogP contribution in [-0.2, 0) is 6.54 Å². The van der Waals surface area contributed by atoms with E-state index < -0.39 is 0 Å². The predicted octanol–water partition coefficient (Wildman–Crippen LogP) is 2.96. The Balaban J connectivity index is 1.30. The monoisotopic (exact) mass is 401 g/mol. The lowest BCUT2D eigenvalue weighted by Crippen LogP contribution is -2.41. The average Bonchev–Trinajstić information content (AvgIpc) is 3.33. The Hall–Kier alpha value is -2.87. The largest absolute Gasteiger partial charge is 0.490 e. The van der Waals surface area contributed by atoms with Crippen LogP contribution in [0.2, 0.25) is 5.02 Å². The summed E-state index contributed by atoms with van der Waals surface area (Å²) >= 11 is 5.90. The van der Waals surface area contributed by atoms with Gasteiger partial charge < -0.3 is 14.2 Å².